The van der Waals surface area contributed by atoms with Crippen LogP contribution >= 0.6 is 0 Å². The van der Waals surface area contributed by atoms with Crippen molar-refractivity contribution in [1.82, 2.24) is 0 Å². The van der Waals surface area contributed by atoms with E-state index in [2.05, 4.69) is 110 Å². The molecule has 5 aromatic rings. The van der Waals surface area contributed by atoms with Crippen molar-refractivity contribution in [1.29, 1.82) is 0 Å². The quantitative estimate of drug-likeness (QED) is 0.273. The zero-order valence-corrected chi connectivity index (χ0v) is 16.8. The zero-order chi connectivity index (χ0) is 20.5. The molecule has 0 amide bonds. The van der Waals surface area contributed by atoms with E-state index in [1.165, 1.54) is 43.8 Å². The number of fused-ring (bicyclic) bond motifs is 2. The van der Waals surface area contributed by atoms with Gasteiger partial charge in [-0.1, -0.05) is 110 Å². The van der Waals surface area contributed by atoms with Crippen LogP contribution in [0.2, 0.25) is 0 Å². The maximum Gasteiger partial charge on any atom is -0.00262 e. The first-order chi connectivity index (χ1) is 14.8. The second-order valence-electron chi connectivity index (χ2n) is 7.46. The summed E-state index contributed by atoms with van der Waals surface area (Å²) in [5, 5.41) is 4.99. The van der Waals surface area contributed by atoms with Crippen molar-refractivity contribution in [2.75, 3.05) is 0 Å². The molecule has 30 heavy (non-hydrogen) atoms. The summed E-state index contributed by atoms with van der Waals surface area (Å²) in [6.07, 6.45) is 3.84. The Labute approximate surface area is 177 Å². The van der Waals surface area contributed by atoms with Crippen molar-refractivity contribution >= 4 is 33.7 Å². The lowest BCUT2D eigenvalue weighted by Crippen LogP contribution is -1.93. The molecule has 0 bridgehead atoms. The molecule has 0 heteroatoms. The summed E-state index contributed by atoms with van der Waals surface area (Å²) in [5.74, 6) is 0. The van der Waals surface area contributed by atoms with Gasteiger partial charge in [-0.05, 0) is 67.1 Å². The SMILES string of the molecule is C=Cc1cc2c(-c3ccccc3)c3ccccc3c(-c3ccccc3)c2cc1C=C. The largest absolute Gasteiger partial charge is 0.0984 e. The summed E-state index contributed by atoms with van der Waals surface area (Å²) in [4.78, 5) is 0. The Morgan fingerprint density at radius 1 is 0.433 bits per heavy atom. The van der Waals surface area contributed by atoms with Crippen LogP contribution in [0.3, 0.4) is 0 Å². The molecular weight excluding hydrogens is 360 g/mol. The van der Waals surface area contributed by atoms with E-state index in [4.69, 9.17) is 0 Å². The highest BCUT2D eigenvalue weighted by Gasteiger charge is 2.17. The second kappa shape index (κ2) is 7.50. The van der Waals surface area contributed by atoms with Gasteiger partial charge in [-0.2, -0.15) is 0 Å². The van der Waals surface area contributed by atoms with Crippen LogP contribution in [0.15, 0.2) is 110 Å². The molecule has 0 N–H and O–H groups in total. The summed E-state index contributed by atoms with van der Waals surface area (Å²) < 4.78 is 0. The van der Waals surface area contributed by atoms with Crippen molar-refractivity contribution in [2.45, 2.75) is 0 Å². The maximum absolute atomic E-state index is 4.04. The third-order valence-electron chi connectivity index (χ3n) is 5.79. The molecular formula is C30H22. The first-order valence-electron chi connectivity index (χ1n) is 10.2. The molecule has 5 aromatic carbocycles. The monoisotopic (exact) mass is 382 g/mol. The number of benzene rings is 5. The summed E-state index contributed by atoms with van der Waals surface area (Å²) in [5.41, 5.74) is 7.17. The molecule has 0 heterocycles. The predicted molar refractivity (Wildman–Crippen MR) is 133 cm³/mol. The van der Waals surface area contributed by atoms with Gasteiger partial charge >= 0.3 is 0 Å². The summed E-state index contributed by atoms with van der Waals surface area (Å²) in [7, 11) is 0. The van der Waals surface area contributed by atoms with Crippen LogP contribution in [0.1, 0.15) is 11.1 Å². The van der Waals surface area contributed by atoms with Gasteiger partial charge in [0.1, 0.15) is 0 Å². The topological polar surface area (TPSA) is 0 Å². The van der Waals surface area contributed by atoms with Gasteiger partial charge in [-0.15, -0.1) is 0 Å². The second-order valence-corrected chi connectivity index (χ2v) is 7.46. The van der Waals surface area contributed by atoms with Gasteiger partial charge < -0.3 is 0 Å². The Morgan fingerprint density at radius 2 is 0.800 bits per heavy atom. The van der Waals surface area contributed by atoms with Gasteiger partial charge in [-0.3, -0.25) is 0 Å². The van der Waals surface area contributed by atoms with Gasteiger partial charge in [0.25, 0.3) is 0 Å². The van der Waals surface area contributed by atoms with E-state index in [1.807, 2.05) is 12.2 Å². The Hall–Kier alpha value is -3.90. The third kappa shape index (κ3) is 2.86. The standard InChI is InChI=1S/C30H22/c1-3-21-19-27-28(20-22(21)4-2)30(24-15-9-6-10-16-24)26-18-12-11-17-25(26)29(27)23-13-7-5-8-14-23/h3-20H,1-2H2. The molecule has 5 rings (SSSR count). The maximum atomic E-state index is 4.04. The van der Waals surface area contributed by atoms with Crippen molar-refractivity contribution in [3.63, 3.8) is 0 Å². The van der Waals surface area contributed by atoms with Crippen LogP contribution in [0, 0.1) is 0 Å². The van der Waals surface area contributed by atoms with E-state index >= 15 is 0 Å². The normalized spacial score (nSPS) is 10.9. The van der Waals surface area contributed by atoms with Crippen molar-refractivity contribution < 1.29 is 0 Å². The van der Waals surface area contributed by atoms with Gasteiger partial charge in [0.2, 0.25) is 0 Å². The smallest absolute Gasteiger partial charge is 0.00262 e. The number of hydrogen-bond donors (Lipinski definition) is 0. The Bertz CT molecular complexity index is 1280. The lowest BCUT2D eigenvalue weighted by atomic mass is 9.84. The minimum absolute atomic E-state index is 1.10. The fraction of sp³-hybridized carbons (Fsp3) is 0. The molecule has 0 saturated carbocycles. The van der Waals surface area contributed by atoms with Crippen LogP contribution in [0.5, 0.6) is 0 Å². The molecule has 142 valence electrons. The molecule has 0 aliphatic rings. The van der Waals surface area contributed by atoms with Crippen molar-refractivity contribution in [2.24, 2.45) is 0 Å². The molecule has 0 nitrogen and oxygen atoms in total. The molecule has 0 fully saturated rings. The van der Waals surface area contributed by atoms with E-state index in [1.54, 1.807) is 0 Å². The minimum Gasteiger partial charge on any atom is -0.0984 e. The molecule has 0 aromatic heterocycles. The fourth-order valence-corrected chi connectivity index (χ4v) is 4.44. The van der Waals surface area contributed by atoms with Gasteiger partial charge in [0, 0.05) is 0 Å². The zero-order valence-electron chi connectivity index (χ0n) is 16.8. The summed E-state index contributed by atoms with van der Waals surface area (Å²) >= 11 is 0. The minimum atomic E-state index is 1.10. The Kier molecular flexibility index (Phi) is 4.53. The number of hydrogen-bond acceptors (Lipinski definition) is 0. The first kappa shape index (κ1) is 18.1. The van der Waals surface area contributed by atoms with Crippen molar-refractivity contribution in [3.8, 4) is 22.3 Å². The summed E-state index contributed by atoms with van der Waals surface area (Å²) in [6, 6.07) is 34.6. The number of rotatable bonds is 4. The van der Waals surface area contributed by atoms with E-state index in [-0.39, 0.29) is 0 Å². The Morgan fingerprint density at radius 3 is 1.17 bits per heavy atom. The first-order valence-corrected chi connectivity index (χ1v) is 10.2. The van der Waals surface area contributed by atoms with Crippen LogP contribution in [0.25, 0.3) is 56.0 Å². The van der Waals surface area contributed by atoms with E-state index in [0.29, 0.717) is 0 Å². The predicted octanol–water partition coefficient (Wildman–Crippen LogP) is 8.61. The average Bonchev–Trinajstić information content (AvgIpc) is 2.82. The molecule has 0 unspecified atom stereocenters. The molecule has 0 atom stereocenters. The lowest BCUT2D eigenvalue weighted by molar-refractivity contribution is 1.63. The van der Waals surface area contributed by atoms with Gasteiger partial charge in [0.15, 0.2) is 0 Å². The highest BCUT2D eigenvalue weighted by atomic mass is 14.2. The van der Waals surface area contributed by atoms with E-state index in [0.717, 1.165) is 11.1 Å². The van der Waals surface area contributed by atoms with E-state index in [9.17, 15) is 0 Å². The highest BCUT2D eigenvalue weighted by molar-refractivity contribution is 6.22. The van der Waals surface area contributed by atoms with E-state index < -0.39 is 0 Å². The van der Waals surface area contributed by atoms with Crippen LogP contribution in [0.4, 0.5) is 0 Å². The fourth-order valence-electron chi connectivity index (χ4n) is 4.44. The Balaban J connectivity index is 2.07. The molecule has 0 radical (unpaired) electrons. The van der Waals surface area contributed by atoms with Crippen LogP contribution in [-0.2, 0) is 0 Å². The highest BCUT2D eigenvalue weighted by Crippen LogP contribution is 2.44. The lowest BCUT2D eigenvalue weighted by Gasteiger charge is -2.19. The van der Waals surface area contributed by atoms with Crippen molar-refractivity contribution in [3.05, 3.63) is 121 Å². The molecule has 0 aliphatic carbocycles. The summed E-state index contributed by atoms with van der Waals surface area (Å²) in [6.45, 7) is 8.09. The third-order valence-corrected chi connectivity index (χ3v) is 5.79. The van der Waals surface area contributed by atoms with Crippen LogP contribution in [-0.4, -0.2) is 0 Å². The molecule has 0 spiro atoms. The average molecular weight is 383 g/mol. The van der Waals surface area contributed by atoms with Gasteiger partial charge in [0.05, 0.1) is 0 Å². The molecule has 0 aliphatic heterocycles. The van der Waals surface area contributed by atoms with Gasteiger partial charge in [-0.25, -0.2) is 0 Å². The molecule has 0 saturated heterocycles. The van der Waals surface area contributed by atoms with Crippen LogP contribution < -0.4 is 0 Å².